The Balaban J connectivity index is 1.53. The molecule has 0 aliphatic heterocycles. The number of aromatic nitrogens is 4. The number of rotatable bonds is 18. The summed E-state index contributed by atoms with van der Waals surface area (Å²) in [6.07, 6.45) is 4.95. The topological polar surface area (TPSA) is 182 Å². The van der Waals surface area contributed by atoms with Crippen molar-refractivity contribution in [3.05, 3.63) is 70.0 Å². The molecule has 13 nitrogen and oxygen atoms in total. The summed E-state index contributed by atoms with van der Waals surface area (Å²) < 4.78 is 36.1. The maximum absolute atomic E-state index is 13.2. The fourth-order valence-electron chi connectivity index (χ4n) is 5.23. The molecule has 4 aromatic rings. The molecule has 0 unspecified atom stereocenters. The summed E-state index contributed by atoms with van der Waals surface area (Å²) in [4.78, 5) is 17.6. The van der Waals surface area contributed by atoms with Gasteiger partial charge in [0.25, 0.3) is 0 Å². The van der Waals surface area contributed by atoms with Gasteiger partial charge in [0.05, 0.1) is 14.2 Å². The number of aryl methyl sites for hydroxylation is 2. The standard InChI is InChI=1S/C34H47N8O5P/c1-7-9-15-37-31-27(21(3)39-33(35)41-31)19-23-17-25(11-13-29(23)44-5)46-48(43)47-26-12-14-30(45-6)24(18-26)20-28-22(4)40-34(36)42-32(28)38-16-10-8-2/h11-14,17-18,48H,7-10,15-16,19-20H2,1-6H3,(H3,35,37,39,41)(H3,36,38,40,42). The van der Waals surface area contributed by atoms with Crippen molar-refractivity contribution in [2.24, 2.45) is 0 Å². The lowest BCUT2D eigenvalue weighted by Gasteiger charge is -2.17. The van der Waals surface area contributed by atoms with Gasteiger partial charge in [-0.25, -0.2) is 14.5 Å². The van der Waals surface area contributed by atoms with Crippen molar-refractivity contribution < 1.29 is 23.1 Å². The number of nitrogens with one attached hydrogen (secondary N) is 2. The van der Waals surface area contributed by atoms with Crippen LogP contribution in [0.5, 0.6) is 23.0 Å². The summed E-state index contributed by atoms with van der Waals surface area (Å²) in [7, 11) is 0.176. The third kappa shape index (κ3) is 9.63. The molecule has 0 aliphatic carbocycles. The second kappa shape index (κ2) is 17.4. The fraction of sp³-hybridized carbons (Fsp3) is 0.412. The van der Waals surface area contributed by atoms with E-state index in [2.05, 4.69) is 44.4 Å². The Labute approximate surface area is 283 Å². The Hall–Kier alpha value is -4.77. The summed E-state index contributed by atoms with van der Waals surface area (Å²) in [5, 5.41) is 6.76. The summed E-state index contributed by atoms with van der Waals surface area (Å²) in [6.45, 7) is 9.56. The quantitative estimate of drug-likeness (QED) is 0.0660. The van der Waals surface area contributed by atoms with Gasteiger partial charge in [0, 0.05) is 59.6 Å². The molecule has 6 N–H and O–H groups in total. The van der Waals surface area contributed by atoms with Crippen LogP contribution in [-0.4, -0.2) is 47.2 Å². The third-order valence-corrected chi connectivity index (χ3v) is 8.55. The molecule has 0 amide bonds. The van der Waals surface area contributed by atoms with E-state index in [1.54, 1.807) is 50.6 Å². The molecular formula is C34H47N8O5P. The molecule has 2 heterocycles. The molecule has 0 spiro atoms. The first kappa shape index (κ1) is 36.1. The molecule has 2 aromatic carbocycles. The van der Waals surface area contributed by atoms with Crippen LogP contribution in [-0.2, 0) is 17.4 Å². The van der Waals surface area contributed by atoms with E-state index in [4.69, 9.17) is 30.0 Å². The summed E-state index contributed by atoms with van der Waals surface area (Å²) in [6, 6.07) is 10.5. The van der Waals surface area contributed by atoms with Crippen LogP contribution in [0, 0.1) is 13.8 Å². The molecule has 4 rings (SSSR count). The number of unbranched alkanes of at least 4 members (excludes halogenated alkanes) is 2. The number of anilines is 4. The molecule has 2 aromatic heterocycles. The second-order valence-corrected chi connectivity index (χ2v) is 12.2. The van der Waals surface area contributed by atoms with Crippen molar-refractivity contribution in [1.82, 2.24) is 19.9 Å². The SMILES string of the molecule is CCCCNc1nc(N)nc(C)c1Cc1cc(O[PH](=O)Oc2ccc(OC)c(Cc3c(C)nc(N)nc3NCCCC)c2)ccc1OC. The highest BCUT2D eigenvalue weighted by Crippen LogP contribution is 2.37. The van der Waals surface area contributed by atoms with Gasteiger partial charge in [-0.1, -0.05) is 26.7 Å². The van der Waals surface area contributed by atoms with E-state index in [9.17, 15) is 4.57 Å². The molecule has 0 atom stereocenters. The maximum atomic E-state index is 13.2. The van der Waals surface area contributed by atoms with Crippen LogP contribution < -0.4 is 40.6 Å². The van der Waals surface area contributed by atoms with Crippen molar-refractivity contribution in [3.63, 3.8) is 0 Å². The molecule has 258 valence electrons. The first-order valence-corrected chi connectivity index (χ1v) is 17.3. The number of benzene rings is 2. The highest BCUT2D eigenvalue weighted by atomic mass is 31.1. The van der Waals surface area contributed by atoms with Crippen LogP contribution in [0.1, 0.15) is 73.2 Å². The minimum absolute atomic E-state index is 0.206. The van der Waals surface area contributed by atoms with Crippen LogP contribution in [0.2, 0.25) is 0 Å². The number of hydrogen-bond donors (Lipinski definition) is 4. The Morgan fingerprint density at radius 2 is 1.10 bits per heavy atom. The van der Waals surface area contributed by atoms with E-state index in [0.717, 1.165) is 72.4 Å². The number of nitrogens with zero attached hydrogens (tertiary/aromatic N) is 4. The monoisotopic (exact) mass is 678 g/mol. The van der Waals surface area contributed by atoms with Crippen LogP contribution in [0.25, 0.3) is 0 Å². The van der Waals surface area contributed by atoms with Gasteiger partial charge < -0.3 is 40.6 Å². The van der Waals surface area contributed by atoms with Crippen molar-refractivity contribution in [1.29, 1.82) is 0 Å². The zero-order valence-electron chi connectivity index (χ0n) is 28.6. The van der Waals surface area contributed by atoms with Gasteiger partial charge >= 0.3 is 8.25 Å². The van der Waals surface area contributed by atoms with Crippen LogP contribution in [0.4, 0.5) is 23.5 Å². The van der Waals surface area contributed by atoms with Gasteiger partial charge in [0.15, 0.2) is 0 Å². The van der Waals surface area contributed by atoms with E-state index in [-0.39, 0.29) is 11.9 Å². The second-order valence-electron chi connectivity index (χ2n) is 11.3. The average Bonchev–Trinajstić information content (AvgIpc) is 3.04. The van der Waals surface area contributed by atoms with Crippen molar-refractivity contribution in [2.75, 3.05) is 49.4 Å². The van der Waals surface area contributed by atoms with E-state index in [1.807, 2.05) is 13.8 Å². The first-order chi connectivity index (χ1) is 23.1. The van der Waals surface area contributed by atoms with Gasteiger partial charge in [-0.05, 0) is 63.1 Å². The summed E-state index contributed by atoms with van der Waals surface area (Å²) in [5.74, 6) is 3.80. The highest BCUT2D eigenvalue weighted by Gasteiger charge is 2.18. The number of nitrogens with two attached hydrogens (primary N) is 2. The van der Waals surface area contributed by atoms with Gasteiger partial charge in [0.1, 0.15) is 34.6 Å². The molecule has 0 saturated heterocycles. The number of ether oxygens (including phenoxy) is 2. The van der Waals surface area contributed by atoms with Gasteiger partial charge in [0.2, 0.25) is 11.9 Å². The fourth-order valence-corrected chi connectivity index (χ4v) is 5.91. The number of hydrogen-bond acceptors (Lipinski definition) is 13. The normalized spacial score (nSPS) is 11.0. The lowest BCUT2D eigenvalue weighted by atomic mass is 10.0. The van der Waals surface area contributed by atoms with Gasteiger partial charge in [-0.3, -0.25) is 0 Å². The lowest BCUT2D eigenvalue weighted by Crippen LogP contribution is -2.11. The highest BCUT2D eigenvalue weighted by molar-refractivity contribution is 7.34. The van der Waals surface area contributed by atoms with Crippen molar-refractivity contribution >= 4 is 31.8 Å². The molecule has 0 fully saturated rings. The minimum Gasteiger partial charge on any atom is -0.496 e. The van der Waals surface area contributed by atoms with Crippen LogP contribution >= 0.6 is 8.25 Å². The predicted octanol–water partition coefficient (Wildman–Crippen LogP) is 6.52. The molecule has 0 aliphatic rings. The Bertz CT molecular complexity index is 1600. The zero-order chi connectivity index (χ0) is 34.6. The first-order valence-electron chi connectivity index (χ1n) is 16.1. The molecule has 14 heteroatoms. The molecular weight excluding hydrogens is 631 g/mol. The maximum Gasteiger partial charge on any atom is 0.418 e. The van der Waals surface area contributed by atoms with Crippen LogP contribution in [0.3, 0.4) is 0 Å². The molecule has 48 heavy (non-hydrogen) atoms. The summed E-state index contributed by atoms with van der Waals surface area (Å²) in [5.41, 5.74) is 16.8. The number of methoxy groups -OCH3 is 2. The van der Waals surface area contributed by atoms with E-state index >= 15 is 0 Å². The lowest BCUT2D eigenvalue weighted by molar-refractivity contribution is 0.401. The molecule has 0 bridgehead atoms. The minimum atomic E-state index is -3.02. The van der Waals surface area contributed by atoms with E-state index in [0.29, 0.717) is 47.5 Å². The van der Waals surface area contributed by atoms with Gasteiger partial charge in [-0.15, -0.1) is 0 Å². The smallest absolute Gasteiger partial charge is 0.418 e. The third-order valence-electron chi connectivity index (χ3n) is 7.75. The largest absolute Gasteiger partial charge is 0.496 e. The van der Waals surface area contributed by atoms with E-state index < -0.39 is 8.25 Å². The van der Waals surface area contributed by atoms with Crippen LogP contribution in [0.15, 0.2) is 36.4 Å². The predicted molar refractivity (Wildman–Crippen MR) is 191 cm³/mol. The van der Waals surface area contributed by atoms with Crippen molar-refractivity contribution in [2.45, 2.75) is 66.2 Å². The summed E-state index contributed by atoms with van der Waals surface area (Å²) >= 11 is 0. The zero-order valence-corrected chi connectivity index (χ0v) is 29.6. The van der Waals surface area contributed by atoms with Crippen molar-refractivity contribution in [3.8, 4) is 23.0 Å². The molecule has 0 radical (unpaired) electrons. The Kier molecular flexibility index (Phi) is 13.1. The average molecular weight is 679 g/mol. The Morgan fingerprint density at radius 1 is 0.688 bits per heavy atom. The Morgan fingerprint density at radius 3 is 1.48 bits per heavy atom. The molecule has 0 saturated carbocycles. The van der Waals surface area contributed by atoms with Gasteiger partial charge in [-0.2, -0.15) is 9.97 Å². The number of nitrogen functional groups attached to an aromatic ring is 2. The van der Waals surface area contributed by atoms with E-state index in [1.165, 1.54) is 0 Å².